The van der Waals surface area contributed by atoms with Gasteiger partial charge in [0.25, 0.3) is 5.69 Å². The van der Waals surface area contributed by atoms with Crippen LogP contribution in [0.25, 0.3) is 0 Å². The number of hydrogen-bond acceptors (Lipinski definition) is 5. The number of hydrogen-bond donors (Lipinski definition) is 1. The molecule has 1 atom stereocenters. The van der Waals surface area contributed by atoms with Gasteiger partial charge in [-0.15, -0.1) is 0 Å². The van der Waals surface area contributed by atoms with Crippen molar-refractivity contribution in [1.82, 2.24) is 4.31 Å². The van der Waals surface area contributed by atoms with Crippen molar-refractivity contribution in [3.8, 4) is 0 Å². The van der Waals surface area contributed by atoms with E-state index in [0.29, 0.717) is 4.90 Å². The second kappa shape index (κ2) is 8.36. The monoisotopic (exact) mass is 483 g/mol. The number of aryl methyl sites for hydroxylation is 1. The zero-order valence-corrected chi connectivity index (χ0v) is 17.1. The molecule has 1 N–H and O–H groups in total. The van der Waals surface area contributed by atoms with E-state index in [4.69, 9.17) is 0 Å². The molecule has 136 valence electrons. The highest BCUT2D eigenvalue weighted by Gasteiger charge is 2.33. The molecule has 0 bridgehead atoms. The second-order valence-electron chi connectivity index (χ2n) is 6.06. The van der Waals surface area contributed by atoms with Crippen molar-refractivity contribution in [2.75, 3.05) is 11.9 Å². The summed E-state index contributed by atoms with van der Waals surface area (Å²) in [6.07, 6.45) is 1.63. The minimum Gasteiger partial charge on any atom is -0.324 e. The largest absolute Gasteiger partial charge is 0.324 e. The number of anilines is 1. The van der Waals surface area contributed by atoms with Crippen molar-refractivity contribution in [3.05, 3.63) is 61.7 Å². The minimum atomic E-state index is -0.386. The van der Waals surface area contributed by atoms with E-state index in [-0.39, 0.29) is 22.6 Å². The third-order valence-electron chi connectivity index (χ3n) is 4.23. The first-order chi connectivity index (χ1) is 12.5. The molecule has 26 heavy (non-hydrogen) atoms. The van der Waals surface area contributed by atoms with E-state index >= 15 is 0 Å². The number of para-hydroxylation sites is 1. The van der Waals surface area contributed by atoms with Crippen LogP contribution in [0.15, 0.2) is 47.4 Å². The molecule has 0 aromatic heterocycles. The molecule has 1 heterocycles. The molecule has 1 amide bonds. The highest BCUT2D eigenvalue weighted by molar-refractivity contribution is 14.1. The van der Waals surface area contributed by atoms with Crippen LogP contribution in [0.5, 0.6) is 0 Å². The molecule has 1 fully saturated rings. The number of nitro benzene ring substituents is 1. The molecular formula is C18H18IN3O3S. The zero-order chi connectivity index (χ0) is 18.7. The van der Waals surface area contributed by atoms with Crippen molar-refractivity contribution in [2.24, 2.45) is 0 Å². The Hall–Kier alpha value is -1.65. The zero-order valence-electron chi connectivity index (χ0n) is 14.1. The Morgan fingerprint density at radius 1 is 1.35 bits per heavy atom. The van der Waals surface area contributed by atoms with Crippen LogP contribution in [0.2, 0.25) is 0 Å². The van der Waals surface area contributed by atoms with Crippen LogP contribution in [0.1, 0.15) is 18.4 Å². The quantitative estimate of drug-likeness (QED) is 0.291. The predicted octanol–water partition coefficient (Wildman–Crippen LogP) is 4.62. The molecule has 1 aliphatic heterocycles. The summed E-state index contributed by atoms with van der Waals surface area (Å²) >= 11 is 3.53. The van der Waals surface area contributed by atoms with Gasteiger partial charge in [-0.05, 0) is 84.1 Å². The summed E-state index contributed by atoms with van der Waals surface area (Å²) in [5.41, 5.74) is 1.89. The topological polar surface area (TPSA) is 75.5 Å². The van der Waals surface area contributed by atoms with Gasteiger partial charge in [0.15, 0.2) is 0 Å². The third-order valence-corrected chi connectivity index (χ3v) is 6.11. The molecule has 2 aromatic rings. The van der Waals surface area contributed by atoms with E-state index < -0.39 is 0 Å². The average Bonchev–Trinajstić information content (AvgIpc) is 3.06. The number of nitrogens with one attached hydrogen (secondary N) is 1. The highest BCUT2D eigenvalue weighted by atomic mass is 127. The summed E-state index contributed by atoms with van der Waals surface area (Å²) in [5, 5.41) is 14.2. The van der Waals surface area contributed by atoms with Gasteiger partial charge in [-0.25, -0.2) is 4.31 Å². The molecule has 1 aliphatic rings. The van der Waals surface area contributed by atoms with E-state index in [1.165, 1.54) is 18.0 Å². The van der Waals surface area contributed by atoms with Crippen molar-refractivity contribution < 1.29 is 9.72 Å². The first-order valence-corrected chi connectivity index (χ1v) is 10.1. The van der Waals surface area contributed by atoms with E-state index in [2.05, 4.69) is 27.9 Å². The lowest BCUT2D eigenvalue weighted by molar-refractivity contribution is -0.387. The second-order valence-corrected chi connectivity index (χ2v) is 8.40. The fourth-order valence-electron chi connectivity index (χ4n) is 2.91. The van der Waals surface area contributed by atoms with Gasteiger partial charge < -0.3 is 5.32 Å². The van der Waals surface area contributed by atoms with Crippen molar-refractivity contribution >= 4 is 51.8 Å². The lowest BCUT2D eigenvalue weighted by Gasteiger charge is -2.22. The van der Waals surface area contributed by atoms with E-state index in [0.717, 1.165) is 34.2 Å². The number of nitro groups is 1. The maximum Gasteiger partial charge on any atom is 0.284 e. The summed E-state index contributed by atoms with van der Waals surface area (Å²) < 4.78 is 3.06. The lowest BCUT2D eigenvalue weighted by Crippen LogP contribution is -2.35. The number of carbonyl (C=O) groups is 1. The van der Waals surface area contributed by atoms with Crippen molar-refractivity contribution in [2.45, 2.75) is 30.7 Å². The maximum atomic E-state index is 12.8. The molecule has 3 rings (SSSR count). The minimum absolute atomic E-state index is 0.0667. The summed E-state index contributed by atoms with van der Waals surface area (Å²) in [6.45, 7) is 2.69. The summed E-state index contributed by atoms with van der Waals surface area (Å²) in [4.78, 5) is 24.2. The molecule has 8 heteroatoms. The van der Waals surface area contributed by atoms with E-state index in [1.807, 2.05) is 29.4 Å². The Morgan fingerprint density at radius 2 is 2.12 bits per heavy atom. The van der Waals surface area contributed by atoms with Crippen LogP contribution in [-0.4, -0.2) is 27.7 Å². The first kappa shape index (κ1) is 19.1. The van der Waals surface area contributed by atoms with Crippen LogP contribution < -0.4 is 5.32 Å². The number of amides is 1. The van der Waals surface area contributed by atoms with Gasteiger partial charge in [-0.3, -0.25) is 14.9 Å². The predicted molar refractivity (Wildman–Crippen MR) is 111 cm³/mol. The molecule has 1 unspecified atom stereocenters. The Kier molecular flexibility index (Phi) is 6.15. The van der Waals surface area contributed by atoms with Crippen LogP contribution >= 0.6 is 34.5 Å². The van der Waals surface area contributed by atoms with Crippen LogP contribution in [-0.2, 0) is 4.79 Å². The van der Waals surface area contributed by atoms with Crippen LogP contribution in [0, 0.1) is 20.6 Å². The van der Waals surface area contributed by atoms with Gasteiger partial charge in [0.1, 0.15) is 4.90 Å². The van der Waals surface area contributed by atoms with Crippen LogP contribution in [0.3, 0.4) is 0 Å². The van der Waals surface area contributed by atoms with E-state index in [9.17, 15) is 14.9 Å². The molecule has 2 aromatic carbocycles. The van der Waals surface area contributed by atoms with Gasteiger partial charge in [0, 0.05) is 21.9 Å². The molecule has 0 spiro atoms. The number of benzene rings is 2. The maximum absolute atomic E-state index is 12.8. The number of carbonyl (C=O) groups excluding carboxylic acids is 1. The molecular weight excluding hydrogens is 465 g/mol. The van der Waals surface area contributed by atoms with Gasteiger partial charge >= 0.3 is 0 Å². The fraction of sp³-hybridized carbons (Fsp3) is 0.278. The SMILES string of the molecule is Cc1cc(I)ccc1NC(=O)C1CCCN1Sc1ccccc1[N+](=O)[O-]. The number of rotatable bonds is 5. The van der Waals surface area contributed by atoms with Gasteiger partial charge in [-0.1, -0.05) is 12.1 Å². The summed E-state index contributed by atoms with van der Waals surface area (Å²) in [6, 6.07) is 12.2. The van der Waals surface area contributed by atoms with E-state index in [1.54, 1.807) is 18.2 Å². The highest BCUT2D eigenvalue weighted by Crippen LogP contribution is 2.36. The normalized spacial score (nSPS) is 17.2. The molecule has 0 radical (unpaired) electrons. The van der Waals surface area contributed by atoms with Gasteiger partial charge in [0.05, 0.1) is 11.0 Å². The smallest absolute Gasteiger partial charge is 0.284 e. The Morgan fingerprint density at radius 3 is 2.85 bits per heavy atom. The van der Waals surface area contributed by atoms with Gasteiger partial charge in [-0.2, -0.15) is 0 Å². The lowest BCUT2D eigenvalue weighted by atomic mass is 10.1. The number of halogens is 1. The average molecular weight is 483 g/mol. The fourth-order valence-corrected chi connectivity index (χ4v) is 4.73. The summed E-state index contributed by atoms with van der Waals surface area (Å²) in [7, 11) is 0. The Balaban J connectivity index is 1.74. The van der Waals surface area contributed by atoms with Crippen LogP contribution in [0.4, 0.5) is 11.4 Å². The number of nitrogens with zero attached hydrogens (tertiary/aromatic N) is 2. The van der Waals surface area contributed by atoms with Crippen molar-refractivity contribution in [3.63, 3.8) is 0 Å². The standard InChI is InChI=1S/C18H18IN3O3S/c1-12-11-13(19)8-9-14(12)20-18(23)16-6-4-10-21(16)26-17-7-3-2-5-15(17)22(24)25/h2-3,5,7-9,11,16H,4,6,10H2,1H3,(H,20,23). The Labute approximate surface area is 169 Å². The van der Waals surface area contributed by atoms with Gasteiger partial charge in [0.2, 0.25) is 5.91 Å². The molecule has 0 saturated carbocycles. The molecule has 6 nitrogen and oxygen atoms in total. The first-order valence-electron chi connectivity index (χ1n) is 8.21. The third kappa shape index (κ3) is 4.36. The molecule has 0 aliphatic carbocycles. The van der Waals surface area contributed by atoms with Crippen molar-refractivity contribution in [1.29, 1.82) is 0 Å². The molecule has 1 saturated heterocycles. The Bertz CT molecular complexity index is 846. The summed E-state index contributed by atoms with van der Waals surface area (Å²) in [5.74, 6) is -0.0714.